The highest BCUT2D eigenvalue weighted by Gasteiger charge is 2.19. The molecule has 5 nitrogen and oxygen atoms in total. The van der Waals surface area contributed by atoms with Crippen molar-refractivity contribution in [1.82, 2.24) is 4.90 Å². The number of nitrogen functional groups attached to an aromatic ring is 1. The zero-order chi connectivity index (χ0) is 15.1. The van der Waals surface area contributed by atoms with E-state index in [0.29, 0.717) is 11.4 Å². The van der Waals surface area contributed by atoms with Crippen molar-refractivity contribution >= 4 is 17.3 Å². The van der Waals surface area contributed by atoms with Crippen LogP contribution in [-0.2, 0) is 4.79 Å². The van der Waals surface area contributed by atoms with E-state index in [0.717, 1.165) is 31.9 Å². The number of ether oxygens (including phenoxy) is 1. The molecule has 0 unspecified atom stereocenters. The second kappa shape index (κ2) is 7.62. The first-order valence-corrected chi connectivity index (χ1v) is 7.06. The van der Waals surface area contributed by atoms with Crippen molar-refractivity contribution in [1.29, 1.82) is 0 Å². The van der Waals surface area contributed by atoms with E-state index in [1.165, 1.54) is 0 Å². The summed E-state index contributed by atoms with van der Waals surface area (Å²) < 4.78 is 5.22. The summed E-state index contributed by atoms with van der Waals surface area (Å²) in [5.41, 5.74) is 7.52. The number of rotatable bonds is 2. The van der Waals surface area contributed by atoms with Gasteiger partial charge in [-0.2, -0.15) is 0 Å². The van der Waals surface area contributed by atoms with Gasteiger partial charge in [-0.25, -0.2) is 0 Å². The van der Waals surface area contributed by atoms with E-state index in [2.05, 4.69) is 4.90 Å². The Bertz CT molecular complexity index is 441. The van der Waals surface area contributed by atoms with Crippen LogP contribution in [0.4, 0.5) is 11.4 Å². The third kappa shape index (κ3) is 3.79. The lowest BCUT2D eigenvalue weighted by atomic mass is 10.2. The number of methoxy groups -OCH3 is 1. The van der Waals surface area contributed by atoms with E-state index in [1.807, 2.05) is 36.9 Å². The number of hydrogen-bond donors (Lipinski definition) is 1. The fourth-order valence-electron chi connectivity index (χ4n) is 2.18. The largest absolute Gasteiger partial charge is 0.495 e. The van der Waals surface area contributed by atoms with Gasteiger partial charge in [-0.1, -0.05) is 13.8 Å². The normalized spacial score (nSPS) is 14.4. The van der Waals surface area contributed by atoms with Crippen molar-refractivity contribution in [3.05, 3.63) is 18.2 Å². The van der Waals surface area contributed by atoms with Gasteiger partial charge in [-0.05, 0) is 12.1 Å². The predicted octanol–water partition coefficient (Wildman–Crippen LogP) is 1.97. The highest BCUT2D eigenvalue weighted by atomic mass is 16.5. The lowest BCUT2D eigenvalue weighted by Gasteiger charge is -2.35. The number of carbonyl (C=O) groups is 1. The maximum atomic E-state index is 11.3. The number of carbonyl (C=O) groups excluding carboxylic acids is 1. The van der Waals surface area contributed by atoms with Crippen LogP contribution in [0, 0.1) is 0 Å². The molecule has 0 aromatic heterocycles. The first-order valence-electron chi connectivity index (χ1n) is 7.06. The minimum Gasteiger partial charge on any atom is -0.495 e. The summed E-state index contributed by atoms with van der Waals surface area (Å²) >= 11 is 0. The predicted molar refractivity (Wildman–Crippen MR) is 83.2 cm³/mol. The van der Waals surface area contributed by atoms with Crippen molar-refractivity contribution in [2.24, 2.45) is 0 Å². The first-order chi connectivity index (χ1) is 9.61. The number of anilines is 2. The monoisotopic (exact) mass is 279 g/mol. The minimum absolute atomic E-state index is 0.143. The number of piperazine rings is 1. The third-order valence-corrected chi connectivity index (χ3v) is 3.31. The Hall–Kier alpha value is -1.91. The van der Waals surface area contributed by atoms with Crippen LogP contribution in [-0.4, -0.2) is 44.1 Å². The van der Waals surface area contributed by atoms with Gasteiger partial charge < -0.3 is 20.3 Å². The van der Waals surface area contributed by atoms with Crippen LogP contribution in [0.5, 0.6) is 5.75 Å². The molecule has 5 heteroatoms. The molecular formula is C15H25N3O2. The maximum Gasteiger partial charge on any atom is 0.219 e. The minimum atomic E-state index is 0.143. The Balaban J connectivity index is 0.000000956. The summed E-state index contributed by atoms with van der Waals surface area (Å²) in [4.78, 5) is 15.4. The molecule has 1 fully saturated rings. The van der Waals surface area contributed by atoms with Gasteiger partial charge in [0.25, 0.3) is 0 Å². The van der Waals surface area contributed by atoms with E-state index >= 15 is 0 Å². The van der Waals surface area contributed by atoms with Crippen molar-refractivity contribution in [2.45, 2.75) is 20.8 Å². The van der Waals surface area contributed by atoms with Crippen molar-refractivity contribution < 1.29 is 9.53 Å². The summed E-state index contributed by atoms with van der Waals surface area (Å²) in [6.07, 6.45) is 0. The summed E-state index contributed by atoms with van der Waals surface area (Å²) in [7, 11) is 1.61. The topological polar surface area (TPSA) is 58.8 Å². The molecule has 1 aromatic carbocycles. The molecule has 1 aromatic rings. The lowest BCUT2D eigenvalue weighted by Crippen LogP contribution is -2.48. The van der Waals surface area contributed by atoms with Crippen LogP contribution in [0.1, 0.15) is 20.8 Å². The second-order valence-electron chi connectivity index (χ2n) is 4.42. The molecule has 0 atom stereocenters. The molecule has 0 bridgehead atoms. The van der Waals surface area contributed by atoms with Gasteiger partial charge >= 0.3 is 0 Å². The number of nitrogens with two attached hydrogens (primary N) is 1. The van der Waals surface area contributed by atoms with Crippen LogP contribution in [0.15, 0.2) is 18.2 Å². The van der Waals surface area contributed by atoms with Gasteiger partial charge in [0.15, 0.2) is 0 Å². The van der Waals surface area contributed by atoms with Gasteiger partial charge in [-0.15, -0.1) is 0 Å². The zero-order valence-electron chi connectivity index (χ0n) is 12.8. The fraction of sp³-hybridized carbons (Fsp3) is 0.533. The summed E-state index contributed by atoms with van der Waals surface area (Å²) in [6, 6.07) is 5.78. The molecule has 1 heterocycles. The van der Waals surface area contributed by atoms with Gasteiger partial charge in [-0.3, -0.25) is 4.79 Å². The number of amides is 1. The van der Waals surface area contributed by atoms with Crippen LogP contribution in [0.2, 0.25) is 0 Å². The Morgan fingerprint density at radius 3 is 2.30 bits per heavy atom. The van der Waals surface area contributed by atoms with Crippen LogP contribution in [0.25, 0.3) is 0 Å². The Morgan fingerprint density at radius 1 is 1.20 bits per heavy atom. The molecule has 0 spiro atoms. The Morgan fingerprint density at radius 2 is 1.80 bits per heavy atom. The summed E-state index contributed by atoms with van der Waals surface area (Å²) in [5.74, 6) is 0.839. The summed E-state index contributed by atoms with van der Waals surface area (Å²) in [5, 5.41) is 0. The van der Waals surface area contributed by atoms with Crippen molar-refractivity contribution in [2.75, 3.05) is 43.9 Å². The zero-order valence-corrected chi connectivity index (χ0v) is 12.8. The Kier molecular flexibility index (Phi) is 6.15. The van der Waals surface area contributed by atoms with Gasteiger partial charge in [0.1, 0.15) is 5.75 Å². The molecular weight excluding hydrogens is 254 g/mol. The molecule has 112 valence electrons. The van der Waals surface area contributed by atoms with Crippen LogP contribution in [0.3, 0.4) is 0 Å². The fourth-order valence-corrected chi connectivity index (χ4v) is 2.18. The van der Waals surface area contributed by atoms with E-state index < -0.39 is 0 Å². The van der Waals surface area contributed by atoms with Gasteiger partial charge in [0, 0.05) is 44.9 Å². The molecule has 1 amide bonds. The second-order valence-corrected chi connectivity index (χ2v) is 4.42. The molecule has 1 aliphatic rings. The maximum absolute atomic E-state index is 11.3. The molecule has 0 aliphatic carbocycles. The highest BCUT2D eigenvalue weighted by Crippen LogP contribution is 2.27. The first kappa shape index (κ1) is 16.1. The molecule has 2 rings (SSSR count). The van der Waals surface area contributed by atoms with E-state index in [9.17, 15) is 4.79 Å². The third-order valence-electron chi connectivity index (χ3n) is 3.31. The lowest BCUT2D eigenvalue weighted by molar-refractivity contribution is -0.129. The average Bonchev–Trinajstić information content (AvgIpc) is 2.50. The molecule has 1 aliphatic heterocycles. The standard InChI is InChI=1S/C13H19N3O2.C2H6/c1-10(17)15-5-7-16(8-6-15)11-3-4-12(14)13(9-11)18-2;1-2/h3-4,9H,5-8,14H2,1-2H3;1-2H3. The molecule has 0 radical (unpaired) electrons. The van der Waals surface area contributed by atoms with Crippen molar-refractivity contribution in [3.63, 3.8) is 0 Å². The number of nitrogens with zero attached hydrogens (tertiary/aromatic N) is 2. The molecule has 20 heavy (non-hydrogen) atoms. The highest BCUT2D eigenvalue weighted by molar-refractivity contribution is 5.73. The van der Waals surface area contributed by atoms with Gasteiger partial charge in [0.2, 0.25) is 5.91 Å². The van der Waals surface area contributed by atoms with Crippen LogP contribution >= 0.6 is 0 Å². The Labute approximate surface area is 121 Å². The SMILES string of the molecule is CC.COc1cc(N2CCN(C(C)=O)CC2)ccc1N. The van der Waals surface area contributed by atoms with Gasteiger partial charge in [0.05, 0.1) is 12.8 Å². The number of benzene rings is 1. The number of hydrogen-bond acceptors (Lipinski definition) is 4. The van der Waals surface area contributed by atoms with E-state index in [4.69, 9.17) is 10.5 Å². The quantitative estimate of drug-likeness (QED) is 0.841. The van der Waals surface area contributed by atoms with Crippen LogP contribution < -0.4 is 15.4 Å². The molecule has 1 saturated heterocycles. The molecule has 0 saturated carbocycles. The smallest absolute Gasteiger partial charge is 0.219 e. The van der Waals surface area contributed by atoms with E-state index in [1.54, 1.807) is 14.0 Å². The van der Waals surface area contributed by atoms with E-state index in [-0.39, 0.29) is 5.91 Å². The van der Waals surface area contributed by atoms with Crippen molar-refractivity contribution in [3.8, 4) is 5.75 Å². The summed E-state index contributed by atoms with van der Waals surface area (Å²) in [6.45, 7) is 8.82. The molecule has 2 N–H and O–H groups in total. The average molecular weight is 279 g/mol.